The molecule has 0 aliphatic heterocycles. The summed E-state index contributed by atoms with van der Waals surface area (Å²) >= 11 is 0. The van der Waals surface area contributed by atoms with Gasteiger partial charge in [0.1, 0.15) is 0 Å². The van der Waals surface area contributed by atoms with Crippen LogP contribution in [0.3, 0.4) is 0 Å². The summed E-state index contributed by atoms with van der Waals surface area (Å²) < 4.78 is 4.29. The molecular weight excluding hydrogens is 208 g/mol. The van der Waals surface area contributed by atoms with E-state index in [9.17, 15) is 9.59 Å². The largest absolute Gasteiger partial charge is 0.453 e. The Kier molecular flexibility index (Phi) is 4.47. The van der Waals surface area contributed by atoms with Crippen LogP contribution in [-0.4, -0.2) is 25.2 Å². The number of carbonyl (C=O) groups excluding carboxylic acids is 2. The van der Waals surface area contributed by atoms with E-state index in [1.807, 2.05) is 35.6 Å². The van der Waals surface area contributed by atoms with Gasteiger partial charge in [0.25, 0.3) is 0 Å². The number of ether oxygens (including phenoxy) is 1. The highest BCUT2D eigenvalue weighted by Crippen LogP contribution is 2.01. The van der Waals surface area contributed by atoms with Gasteiger partial charge in [-0.2, -0.15) is 0 Å². The molecule has 0 fully saturated rings. The summed E-state index contributed by atoms with van der Waals surface area (Å²) in [4.78, 5) is 22.1. The number of methoxy groups -OCH3 is 1. The van der Waals surface area contributed by atoms with Crippen molar-refractivity contribution in [1.82, 2.24) is 5.32 Å². The molecule has 2 amide bonds. The van der Waals surface area contributed by atoms with Gasteiger partial charge < -0.3 is 10.5 Å². The van der Waals surface area contributed by atoms with Crippen LogP contribution in [0.25, 0.3) is 0 Å². The molecule has 16 heavy (non-hydrogen) atoms. The van der Waals surface area contributed by atoms with Crippen molar-refractivity contribution >= 4 is 12.0 Å². The van der Waals surface area contributed by atoms with Crippen LogP contribution in [0.1, 0.15) is 5.56 Å². The van der Waals surface area contributed by atoms with Crippen LogP contribution in [0.4, 0.5) is 4.79 Å². The molecular formula is C11H14N2O3. The van der Waals surface area contributed by atoms with E-state index in [0.29, 0.717) is 6.42 Å². The number of nitrogens with two attached hydrogens (primary N) is 1. The number of carbonyl (C=O) groups is 2. The first-order valence-corrected chi connectivity index (χ1v) is 4.82. The van der Waals surface area contributed by atoms with Gasteiger partial charge in [-0.15, -0.1) is 0 Å². The van der Waals surface area contributed by atoms with Crippen LogP contribution >= 0.6 is 0 Å². The number of imide groups is 1. The van der Waals surface area contributed by atoms with E-state index in [2.05, 4.69) is 4.74 Å². The Balaban J connectivity index is 2.49. The second-order valence-corrected chi connectivity index (χ2v) is 3.28. The van der Waals surface area contributed by atoms with Crippen molar-refractivity contribution in [3.05, 3.63) is 35.9 Å². The van der Waals surface area contributed by atoms with Gasteiger partial charge >= 0.3 is 6.09 Å². The average molecular weight is 222 g/mol. The molecule has 86 valence electrons. The number of benzene rings is 1. The third kappa shape index (κ3) is 3.70. The van der Waals surface area contributed by atoms with Gasteiger partial charge in [-0.3, -0.25) is 10.1 Å². The quantitative estimate of drug-likeness (QED) is 0.777. The fraction of sp³-hybridized carbons (Fsp3) is 0.273. The molecule has 0 saturated heterocycles. The van der Waals surface area contributed by atoms with Crippen molar-refractivity contribution in [2.45, 2.75) is 12.5 Å². The lowest BCUT2D eigenvalue weighted by molar-refractivity contribution is -0.121. The maximum atomic E-state index is 11.4. The second kappa shape index (κ2) is 5.87. The third-order valence-electron chi connectivity index (χ3n) is 2.05. The molecule has 5 heteroatoms. The molecule has 5 nitrogen and oxygen atoms in total. The molecule has 0 heterocycles. The highest BCUT2D eigenvalue weighted by atomic mass is 16.5. The van der Waals surface area contributed by atoms with Gasteiger partial charge in [-0.1, -0.05) is 30.3 Å². The van der Waals surface area contributed by atoms with E-state index in [-0.39, 0.29) is 0 Å². The maximum Gasteiger partial charge on any atom is 0.413 e. The van der Waals surface area contributed by atoms with Gasteiger partial charge in [0, 0.05) is 0 Å². The van der Waals surface area contributed by atoms with Gasteiger partial charge in [0.05, 0.1) is 13.2 Å². The molecule has 0 aliphatic rings. The van der Waals surface area contributed by atoms with Gasteiger partial charge in [0.2, 0.25) is 5.91 Å². The van der Waals surface area contributed by atoms with E-state index in [1.54, 1.807) is 0 Å². The lowest BCUT2D eigenvalue weighted by Gasteiger charge is -2.10. The molecule has 0 aliphatic carbocycles. The summed E-state index contributed by atoms with van der Waals surface area (Å²) in [5, 5.41) is 2.02. The summed E-state index contributed by atoms with van der Waals surface area (Å²) in [6.45, 7) is 0. The molecule has 0 saturated carbocycles. The van der Waals surface area contributed by atoms with Crippen LogP contribution in [-0.2, 0) is 16.0 Å². The Morgan fingerprint density at radius 1 is 1.38 bits per heavy atom. The Bertz CT molecular complexity index is 365. The van der Waals surface area contributed by atoms with E-state index in [4.69, 9.17) is 5.73 Å². The lowest BCUT2D eigenvalue weighted by atomic mass is 10.1. The first-order chi connectivity index (χ1) is 7.63. The fourth-order valence-corrected chi connectivity index (χ4v) is 1.21. The summed E-state index contributed by atoms with van der Waals surface area (Å²) in [6, 6.07) is 8.57. The molecule has 1 rings (SSSR count). The molecule has 1 aromatic rings. The van der Waals surface area contributed by atoms with Crippen LogP contribution in [0.2, 0.25) is 0 Å². The first kappa shape index (κ1) is 12.2. The highest BCUT2D eigenvalue weighted by molar-refractivity contribution is 5.94. The van der Waals surface area contributed by atoms with E-state index < -0.39 is 18.0 Å². The van der Waals surface area contributed by atoms with E-state index >= 15 is 0 Å². The lowest BCUT2D eigenvalue weighted by Crippen LogP contribution is -2.44. The van der Waals surface area contributed by atoms with E-state index in [1.165, 1.54) is 7.11 Å². The number of nitrogens with one attached hydrogen (secondary N) is 1. The van der Waals surface area contributed by atoms with Crippen LogP contribution in [0, 0.1) is 0 Å². The molecule has 0 radical (unpaired) electrons. The van der Waals surface area contributed by atoms with Crippen molar-refractivity contribution in [2.24, 2.45) is 5.73 Å². The molecule has 0 spiro atoms. The van der Waals surface area contributed by atoms with Crippen molar-refractivity contribution in [1.29, 1.82) is 0 Å². The SMILES string of the molecule is COC(=O)NC(=O)C(N)Cc1ccccc1. The van der Waals surface area contributed by atoms with Gasteiger partial charge in [-0.05, 0) is 12.0 Å². The molecule has 1 aromatic carbocycles. The Morgan fingerprint density at radius 2 is 2.00 bits per heavy atom. The fourth-order valence-electron chi connectivity index (χ4n) is 1.21. The second-order valence-electron chi connectivity index (χ2n) is 3.28. The third-order valence-corrected chi connectivity index (χ3v) is 2.05. The summed E-state index contributed by atoms with van der Waals surface area (Å²) in [6.07, 6.45) is -0.419. The Labute approximate surface area is 93.6 Å². The van der Waals surface area contributed by atoms with E-state index in [0.717, 1.165) is 5.56 Å². The predicted molar refractivity (Wildman–Crippen MR) is 58.7 cm³/mol. The number of hydrogen-bond donors (Lipinski definition) is 2. The normalized spacial score (nSPS) is 11.6. The highest BCUT2D eigenvalue weighted by Gasteiger charge is 2.16. The average Bonchev–Trinajstić information content (AvgIpc) is 2.30. The molecule has 1 atom stereocenters. The van der Waals surface area contributed by atoms with Crippen molar-refractivity contribution in [3.8, 4) is 0 Å². The maximum absolute atomic E-state index is 11.4. The zero-order valence-corrected chi connectivity index (χ0v) is 8.97. The molecule has 0 aromatic heterocycles. The first-order valence-electron chi connectivity index (χ1n) is 4.82. The molecule has 3 N–H and O–H groups in total. The topological polar surface area (TPSA) is 81.4 Å². The standard InChI is InChI=1S/C11H14N2O3/c1-16-11(15)13-10(14)9(12)7-8-5-3-2-4-6-8/h2-6,9H,7,12H2,1H3,(H,13,14,15). The minimum absolute atomic E-state index is 0.379. The summed E-state index contributed by atoms with van der Waals surface area (Å²) in [5.74, 6) is -0.546. The van der Waals surface area contributed by atoms with Crippen LogP contribution < -0.4 is 11.1 Å². The van der Waals surface area contributed by atoms with Crippen molar-refractivity contribution in [3.63, 3.8) is 0 Å². The van der Waals surface area contributed by atoms with Gasteiger partial charge in [-0.25, -0.2) is 4.79 Å². The minimum Gasteiger partial charge on any atom is -0.453 e. The number of rotatable bonds is 3. The number of alkyl carbamates (subject to hydrolysis) is 1. The van der Waals surface area contributed by atoms with Crippen molar-refractivity contribution in [2.75, 3.05) is 7.11 Å². The number of hydrogen-bond acceptors (Lipinski definition) is 4. The Hall–Kier alpha value is -1.88. The molecule has 0 bridgehead atoms. The smallest absolute Gasteiger partial charge is 0.413 e. The summed E-state index contributed by atoms with van der Waals surface area (Å²) in [7, 11) is 1.19. The molecule has 1 unspecified atom stereocenters. The monoisotopic (exact) mass is 222 g/mol. The predicted octanol–water partition coefficient (Wildman–Crippen LogP) is 0.439. The van der Waals surface area contributed by atoms with Crippen LogP contribution in [0.15, 0.2) is 30.3 Å². The zero-order valence-electron chi connectivity index (χ0n) is 8.97. The minimum atomic E-state index is -0.798. The summed E-state index contributed by atoms with van der Waals surface area (Å²) in [5.41, 5.74) is 6.57. The van der Waals surface area contributed by atoms with Crippen LogP contribution in [0.5, 0.6) is 0 Å². The van der Waals surface area contributed by atoms with Crippen molar-refractivity contribution < 1.29 is 14.3 Å². The number of amides is 2. The zero-order chi connectivity index (χ0) is 12.0. The van der Waals surface area contributed by atoms with Gasteiger partial charge in [0.15, 0.2) is 0 Å². The Morgan fingerprint density at radius 3 is 2.56 bits per heavy atom.